The van der Waals surface area contributed by atoms with Crippen LogP contribution in [0.25, 0.3) is 32.8 Å². The fourth-order valence-corrected chi connectivity index (χ4v) is 5.34. The van der Waals surface area contributed by atoms with Crippen molar-refractivity contribution >= 4 is 37.8 Å². The van der Waals surface area contributed by atoms with Gasteiger partial charge in [-0.1, -0.05) is 30.2 Å². The van der Waals surface area contributed by atoms with Gasteiger partial charge in [-0.25, -0.2) is 15.0 Å². The van der Waals surface area contributed by atoms with E-state index in [1.807, 2.05) is 16.7 Å². The molecule has 1 fully saturated rings. The Bertz CT molecular complexity index is 1440. The van der Waals surface area contributed by atoms with Crippen LogP contribution in [-0.4, -0.2) is 57.0 Å². The van der Waals surface area contributed by atoms with E-state index in [4.69, 9.17) is 4.98 Å². The van der Waals surface area contributed by atoms with Gasteiger partial charge in [-0.05, 0) is 41.8 Å². The predicted octanol–water partition coefficient (Wildman–Crippen LogP) is 3.00. The van der Waals surface area contributed by atoms with Gasteiger partial charge in [0.05, 0.1) is 42.3 Å². The first-order valence-corrected chi connectivity index (χ1v) is 11.8. The lowest BCUT2D eigenvalue weighted by Gasteiger charge is -2.27. The van der Waals surface area contributed by atoms with E-state index in [9.17, 15) is 5.11 Å². The predicted molar refractivity (Wildman–Crippen MR) is 126 cm³/mol. The summed E-state index contributed by atoms with van der Waals surface area (Å²) in [4.78, 5) is 15.3. The fourth-order valence-electron chi connectivity index (χ4n) is 4.35. The summed E-state index contributed by atoms with van der Waals surface area (Å²) < 4.78 is 3.15. The smallest absolute Gasteiger partial charge is 0.206 e. The molecule has 4 aromatic heterocycles. The number of aliphatic hydroxyl groups excluding tert-OH is 1. The summed E-state index contributed by atoms with van der Waals surface area (Å²) in [5.41, 5.74) is 4.49. The second-order valence-corrected chi connectivity index (χ2v) is 9.50. The molecule has 168 valence electrons. The molecule has 1 saturated carbocycles. The number of aliphatic hydroxyl groups is 1. The number of nitrogens with zero attached hydrogens (tertiary/aromatic N) is 8. The Labute approximate surface area is 193 Å². The topological polar surface area (TPSA) is 119 Å². The van der Waals surface area contributed by atoms with E-state index in [2.05, 4.69) is 42.8 Å². The summed E-state index contributed by atoms with van der Waals surface area (Å²) in [6, 6.07) is 8.32. The summed E-state index contributed by atoms with van der Waals surface area (Å²) in [6.07, 6.45) is 7.34. The zero-order valence-electron chi connectivity index (χ0n) is 18.1. The molecule has 6 rings (SSSR count). The minimum atomic E-state index is -0.298. The molecule has 11 heteroatoms. The Morgan fingerprint density at radius 2 is 2.06 bits per heavy atom. The van der Waals surface area contributed by atoms with Crippen LogP contribution in [0.4, 0.5) is 5.13 Å². The lowest BCUT2D eigenvalue weighted by molar-refractivity contribution is 0.116. The highest BCUT2D eigenvalue weighted by atomic mass is 32.1. The summed E-state index contributed by atoms with van der Waals surface area (Å²) in [5.74, 6) is 0.530. The molecule has 2 N–H and O–H groups in total. The van der Waals surface area contributed by atoms with Gasteiger partial charge in [0, 0.05) is 11.8 Å². The molecule has 2 atom stereocenters. The molecule has 5 aromatic rings. The first-order valence-electron chi connectivity index (χ1n) is 11.0. The van der Waals surface area contributed by atoms with Crippen LogP contribution in [0.1, 0.15) is 31.2 Å². The summed E-state index contributed by atoms with van der Waals surface area (Å²) >= 11 is 1.63. The molecular weight excluding hydrogens is 438 g/mol. The molecule has 33 heavy (non-hydrogen) atoms. The van der Waals surface area contributed by atoms with Gasteiger partial charge in [0.2, 0.25) is 5.82 Å². The zero-order valence-corrected chi connectivity index (χ0v) is 18.9. The van der Waals surface area contributed by atoms with Crippen molar-refractivity contribution in [3.05, 3.63) is 42.4 Å². The van der Waals surface area contributed by atoms with Gasteiger partial charge in [0.15, 0.2) is 10.8 Å². The maximum atomic E-state index is 10.3. The number of hydrogen-bond donors (Lipinski definition) is 2. The summed E-state index contributed by atoms with van der Waals surface area (Å²) in [6.45, 7) is 0.657. The third kappa shape index (κ3) is 3.93. The number of aromatic nitrogens is 8. The van der Waals surface area contributed by atoms with E-state index < -0.39 is 0 Å². The lowest BCUT2D eigenvalue weighted by Crippen LogP contribution is -2.36. The van der Waals surface area contributed by atoms with E-state index in [0.29, 0.717) is 12.4 Å². The third-order valence-corrected chi connectivity index (χ3v) is 7.02. The molecule has 1 aliphatic carbocycles. The van der Waals surface area contributed by atoms with Crippen LogP contribution in [0, 0.1) is 0 Å². The molecule has 2 unspecified atom stereocenters. The van der Waals surface area contributed by atoms with Gasteiger partial charge >= 0.3 is 0 Å². The Kier molecular flexibility index (Phi) is 4.99. The number of fused-ring (bicyclic) bond motifs is 2. The van der Waals surface area contributed by atoms with Gasteiger partial charge in [-0.3, -0.25) is 0 Å². The average Bonchev–Trinajstić information content (AvgIpc) is 3.53. The Morgan fingerprint density at radius 1 is 1.15 bits per heavy atom. The highest BCUT2D eigenvalue weighted by Crippen LogP contribution is 2.30. The van der Waals surface area contributed by atoms with E-state index >= 15 is 0 Å². The number of benzene rings is 1. The molecule has 0 radical (unpaired) electrons. The second-order valence-electron chi connectivity index (χ2n) is 8.47. The Hall–Kier alpha value is -3.44. The number of imidazole rings is 1. The molecule has 1 aliphatic rings. The number of hydrogen-bond acceptors (Lipinski definition) is 9. The van der Waals surface area contributed by atoms with Crippen LogP contribution in [0.5, 0.6) is 0 Å². The minimum absolute atomic E-state index is 0.0872. The molecule has 10 nitrogen and oxygen atoms in total. The number of aryl methyl sites for hydroxylation is 1. The first kappa shape index (κ1) is 20.2. The third-order valence-electron chi connectivity index (χ3n) is 6.07. The van der Waals surface area contributed by atoms with Gasteiger partial charge in [-0.2, -0.15) is 4.80 Å². The van der Waals surface area contributed by atoms with Crippen molar-refractivity contribution in [1.82, 2.24) is 39.7 Å². The van der Waals surface area contributed by atoms with Crippen molar-refractivity contribution in [1.29, 1.82) is 0 Å². The van der Waals surface area contributed by atoms with Crippen LogP contribution < -0.4 is 5.32 Å². The monoisotopic (exact) mass is 461 g/mol. The largest absolute Gasteiger partial charge is 0.391 e. The van der Waals surface area contributed by atoms with Crippen molar-refractivity contribution in [3.63, 3.8) is 0 Å². The van der Waals surface area contributed by atoms with Gasteiger partial charge in [0.1, 0.15) is 5.52 Å². The quantitative estimate of drug-likeness (QED) is 0.410. The van der Waals surface area contributed by atoms with Crippen molar-refractivity contribution in [3.8, 4) is 11.4 Å². The number of thiazole rings is 1. The standard InChI is InChI=1S/C22H23N9OS/c1-30-28-20(27-29-30)14-9-17-21(23-10-14)31(12-24-17)11-13-6-7-16-19(8-13)33-22(26-16)25-15-4-2-3-5-18(15)32/h6-10,12,15,18,32H,2-5,11H2,1H3,(H,25,26). The van der Waals surface area contributed by atoms with E-state index in [1.165, 1.54) is 4.80 Å². The molecule has 0 saturated heterocycles. The highest BCUT2D eigenvalue weighted by molar-refractivity contribution is 7.22. The SMILES string of the molecule is Cn1nnc(-c2cnc3c(c2)ncn3Cc2ccc3nc(NC4CCCCC4O)sc3c2)n1. The molecule has 0 bridgehead atoms. The van der Waals surface area contributed by atoms with Crippen LogP contribution >= 0.6 is 11.3 Å². The normalized spacial score (nSPS) is 18.8. The second kappa shape index (κ2) is 8.16. The molecule has 4 heterocycles. The molecule has 0 spiro atoms. The van der Waals surface area contributed by atoms with Gasteiger partial charge in [-0.15, -0.1) is 10.2 Å². The lowest BCUT2D eigenvalue weighted by atomic mass is 9.93. The molecule has 0 amide bonds. The summed E-state index contributed by atoms with van der Waals surface area (Å²) in [7, 11) is 1.73. The first-order chi connectivity index (χ1) is 16.1. The van der Waals surface area contributed by atoms with E-state index in [-0.39, 0.29) is 12.1 Å². The Morgan fingerprint density at radius 3 is 2.91 bits per heavy atom. The van der Waals surface area contributed by atoms with Crippen molar-refractivity contribution in [2.24, 2.45) is 7.05 Å². The fraction of sp³-hybridized carbons (Fsp3) is 0.364. The summed E-state index contributed by atoms with van der Waals surface area (Å²) in [5, 5.41) is 26.7. The number of rotatable bonds is 5. The van der Waals surface area contributed by atoms with Crippen LogP contribution in [0.3, 0.4) is 0 Å². The van der Waals surface area contributed by atoms with Crippen molar-refractivity contribution in [2.45, 2.75) is 44.4 Å². The number of nitrogens with one attached hydrogen (secondary N) is 1. The highest BCUT2D eigenvalue weighted by Gasteiger charge is 2.23. The zero-order chi connectivity index (χ0) is 22.4. The number of anilines is 1. The van der Waals surface area contributed by atoms with Gasteiger partial charge < -0.3 is 15.0 Å². The van der Waals surface area contributed by atoms with Crippen LogP contribution in [-0.2, 0) is 13.6 Å². The maximum absolute atomic E-state index is 10.3. The molecule has 0 aliphatic heterocycles. The number of pyridine rings is 1. The van der Waals surface area contributed by atoms with E-state index in [1.54, 1.807) is 30.9 Å². The van der Waals surface area contributed by atoms with Crippen molar-refractivity contribution in [2.75, 3.05) is 5.32 Å². The average molecular weight is 462 g/mol. The molecular formula is C22H23N9OS. The maximum Gasteiger partial charge on any atom is 0.206 e. The van der Waals surface area contributed by atoms with Crippen molar-refractivity contribution < 1.29 is 5.11 Å². The Balaban J connectivity index is 1.23. The molecule has 1 aromatic carbocycles. The van der Waals surface area contributed by atoms with Crippen LogP contribution in [0.2, 0.25) is 0 Å². The van der Waals surface area contributed by atoms with Crippen LogP contribution in [0.15, 0.2) is 36.8 Å². The van der Waals surface area contributed by atoms with Gasteiger partial charge in [0.25, 0.3) is 0 Å². The minimum Gasteiger partial charge on any atom is -0.391 e. The van der Waals surface area contributed by atoms with E-state index in [0.717, 1.165) is 63.3 Å². The number of tetrazole rings is 1.